The molecule has 0 saturated heterocycles. The molecule has 1 atom stereocenters. The van der Waals surface area contributed by atoms with Crippen molar-refractivity contribution in [3.63, 3.8) is 0 Å². The molecule has 0 aliphatic rings. The summed E-state index contributed by atoms with van der Waals surface area (Å²) >= 11 is 0. The summed E-state index contributed by atoms with van der Waals surface area (Å²) in [7, 11) is 3.04. The highest BCUT2D eigenvalue weighted by Gasteiger charge is 2.18. The Bertz CT molecular complexity index is 829. The number of benzene rings is 1. The third kappa shape index (κ3) is 4.61. The van der Waals surface area contributed by atoms with E-state index >= 15 is 0 Å². The number of carbonyl (C=O) groups is 2. The second-order valence-electron chi connectivity index (χ2n) is 5.64. The van der Waals surface area contributed by atoms with Gasteiger partial charge in [-0.2, -0.15) is 0 Å². The summed E-state index contributed by atoms with van der Waals surface area (Å²) in [6, 6.07) is 4.79. The summed E-state index contributed by atoms with van der Waals surface area (Å²) in [4.78, 5) is 30.8. The maximum atomic E-state index is 11.7. The highest BCUT2D eigenvalue weighted by molar-refractivity contribution is 5.96. The number of aldehydes is 1. The number of hydrogen-bond donors (Lipinski definition) is 3. The Morgan fingerprint density at radius 3 is 2.63 bits per heavy atom. The topological polar surface area (TPSA) is 146 Å². The van der Waals surface area contributed by atoms with Crippen LogP contribution in [0.1, 0.15) is 23.8 Å². The first kappa shape index (κ1) is 19.9. The van der Waals surface area contributed by atoms with Crippen LogP contribution in [-0.2, 0) is 4.79 Å². The van der Waals surface area contributed by atoms with Crippen LogP contribution in [0.25, 0.3) is 0 Å². The fourth-order valence-corrected chi connectivity index (χ4v) is 2.30. The molecule has 0 aliphatic heterocycles. The molecule has 27 heavy (non-hydrogen) atoms. The van der Waals surface area contributed by atoms with Gasteiger partial charge in [-0.3, -0.25) is 9.80 Å². The second-order valence-corrected chi connectivity index (χ2v) is 5.64. The third-order valence-electron chi connectivity index (χ3n) is 3.82. The molecule has 10 heteroatoms. The highest BCUT2D eigenvalue weighted by atomic mass is 16.5. The summed E-state index contributed by atoms with van der Waals surface area (Å²) in [6.07, 6.45) is 2.30. The van der Waals surface area contributed by atoms with Crippen LogP contribution in [0.5, 0.6) is 11.5 Å². The van der Waals surface area contributed by atoms with E-state index in [1.165, 1.54) is 25.4 Å². The maximum absolute atomic E-state index is 11.7. The summed E-state index contributed by atoms with van der Waals surface area (Å²) in [5.41, 5.74) is 5.91. The van der Waals surface area contributed by atoms with Gasteiger partial charge in [0.15, 0.2) is 28.8 Å². The van der Waals surface area contributed by atoms with Crippen molar-refractivity contribution in [3.05, 3.63) is 30.1 Å². The molecule has 0 unspecified atom stereocenters. The van der Waals surface area contributed by atoms with Crippen molar-refractivity contribution in [2.75, 3.05) is 24.5 Å². The number of nitrogens with two attached hydrogens (primary N) is 2. The van der Waals surface area contributed by atoms with E-state index in [9.17, 15) is 9.59 Å². The highest BCUT2D eigenvalue weighted by Crippen LogP contribution is 2.31. The Morgan fingerprint density at radius 1 is 1.33 bits per heavy atom. The molecule has 10 nitrogen and oxygen atoms in total. The molecule has 5 N–H and O–H groups in total. The summed E-state index contributed by atoms with van der Waals surface area (Å²) in [6.45, 7) is 1.76. The number of aromatic nitrogens is 2. The molecule has 2 rings (SSSR count). The van der Waals surface area contributed by atoms with Gasteiger partial charge in [-0.15, -0.1) is 0 Å². The van der Waals surface area contributed by atoms with Crippen molar-refractivity contribution in [2.45, 2.75) is 19.4 Å². The van der Waals surface area contributed by atoms with E-state index in [-0.39, 0.29) is 29.8 Å². The second kappa shape index (κ2) is 8.81. The molecule has 0 saturated carbocycles. The molecule has 1 aromatic heterocycles. The molecule has 144 valence electrons. The number of amides is 1. The SMILES string of the molecule is COc1ccc(Nc2nc(N(N)[C@H](C)CC=O)cnc2C(N)=O)cc1OC. The first-order valence-electron chi connectivity index (χ1n) is 8.04. The van der Waals surface area contributed by atoms with Gasteiger partial charge in [-0.05, 0) is 19.1 Å². The predicted octanol–water partition coefficient (Wildman–Crippen LogP) is 0.994. The van der Waals surface area contributed by atoms with Crippen LogP contribution in [0, 0.1) is 0 Å². The van der Waals surface area contributed by atoms with E-state index in [0.29, 0.717) is 17.2 Å². The molecule has 2 aromatic rings. The smallest absolute Gasteiger partial charge is 0.271 e. The Hall–Kier alpha value is -3.40. The molecular formula is C17H22N6O4. The molecule has 1 aromatic carbocycles. The van der Waals surface area contributed by atoms with Crippen molar-refractivity contribution in [3.8, 4) is 11.5 Å². The van der Waals surface area contributed by atoms with Gasteiger partial charge in [0.2, 0.25) is 0 Å². The van der Waals surface area contributed by atoms with Crippen molar-refractivity contribution in [2.24, 2.45) is 11.6 Å². The number of methoxy groups -OCH3 is 2. The minimum Gasteiger partial charge on any atom is -0.493 e. The number of nitrogens with one attached hydrogen (secondary N) is 1. The van der Waals surface area contributed by atoms with E-state index in [0.717, 1.165) is 6.29 Å². The van der Waals surface area contributed by atoms with Gasteiger partial charge in [0.05, 0.1) is 26.5 Å². The van der Waals surface area contributed by atoms with Crippen LogP contribution in [0.3, 0.4) is 0 Å². The van der Waals surface area contributed by atoms with Crippen LogP contribution in [0.2, 0.25) is 0 Å². The van der Waals surface area contributed by atoms with Gasteiger partial charge in [-0.25, -0.2) is 15.8 Å². The van der Waals surface area contributed by atoms with Crippen molar-refractivity contribution in [1.29, 1.82) is 0 Å². The number of hydrazine groups is 1. The number of ether oxygens (including phenoxy) is 2. The molecule has 1 amide bonds. The minimum absolute atomic E-state index is 0.0509. The third-order valence-corrected chi connectivity index (χ3v) is 3.82. The average molecular weight is 374 g/mol. The Kier molecular flexibility index (Phi) is 6.50. The van der Waals surface area contributed by atoms with Crippen LogP contribution >= 0.6 is 0 Å². The van der Waals surface area contributed by atoms with E-state index in [1.54, 1.807) is 25.1 Å². The fourth-order valence-electron chi connectivity index (χ4n) is 2.30. The van der Waals surface area contributed by atoms with Gasteiger partial charge in [-0.1, -0.05) is 0 Å². The van der Waals surface area contributed by atoms with E-state index in [1.807, 2.05) is 0 Å². The maximum Gasteiger partial charge on any atom is 0.271 e. The molecule has 0 fully saturated rings. The zero-order valence-corrected chi connectivity index (χ0v) is 15.3. The van der Waals surface area contributed by atoms with Crippen LogP contribution < -0.4 is 31.4 Å². The van der Waals surface area contributed by atoms with Crippen LogP contribution in [0.15, 0.2) is 24.4 Å². The zero-order chi connectivity index (χ0) is 20.0. The fraction of sp³-hybridized carbons (Fsp3) is 0.294. The van der Waals surface area contributed by atoms with Gasteiger partial charge in [0.25, 0.3) is 5.91 Å². The summed E-state index contributed by atoms with van der Waals surface area (Å²) in [5, 5.41) is 4.28. The van der Waals surface area contributed by atoms with Gasteiger partial charge in [0.1, 0.15) is 6.29 Å². The van der Waals surface area contributed by atoms with Crippen LogP contribution in [-0.4, -0.2) is 42.4 Å². The molecule has 0 radical (unpaired) electrons. The minimum atomic E-state index is -0.749. The standard InChI is InChI=1S/C17H22N6O4/c1-10(6-7-24)23(19)14-9-20-15(16(18)25)17(22-14)21-11-4-5-12(26-2)13(8-11)27-3/h4-5,7-10H,6,19H2,1-3H3,(H2,18,25)(H,21,22)/t10-/m1/s1. The molecule has 0 bridgehead atoms. The first-order valence-corrected chi connectivity index (χ1v) is 8.04. The van der Waals surface area contributed by atoms with Crippen LogP contribution in [0.4, 0.5) is 17.3 Å². The van der Waals surface area contributed by atoms with Gasteiger partial charge >= 0.3 is 0 Å². The summed E-state index contributed by atoms with van der Waals surface area (Å²) in [5.74, 6) is 6.68. The van der Waals surface area contributed by atoms with Crippen molar-refractivity contribution >= 4 is 29.5 Å². The number of anilines is 3. The monoisotopic (exact) mass is 374 g/mol. The normalized spacial score (nSPS) is 11.4. The lowest BCUT2D eigenvalue weighted by atomic mass is 10.2. The molecule has 1 heterocycles. The Morgan fingerprint density at radius 2 is 2.04 bits per heavy atom. The lowest BCUT2D eigenvalue weighted by Gasteiger charge is -2.24. The lowest BCUT2D eigenvalue weighted by Crippen LogP contribution is -2.40. The first-order chi connectivity index (χ1) is 12.9. The molecule has 0 spiro atoms. The van der Waals surface area contributed by atoms with E-state index in [4.69, 9.17) is 21.1 Å². The number of carbonyl (C=O) groups excluding carboxylic acids is 2. The number of primary amides is 1. The lowest BCUT2D eigenvalue weighted by molar-refractivity contribution is -0.108. The molecular weight excluding hydrogens is 352 g/mol. The number of hydrogen-bond acceptors (Lipinski definition) is 9. The molecule has 0 aliphatic carbocycles. The largest absolute Gasteiger partial charge is 0.493 e. The Balaban J connectivity index is 2.40. The van der Waals surface area contributed by atoms with Gasteiger partial charge < -0.3 is 25.3 Å². The van der Waals surface area contributed by atoms with E-state index in [2.05, 4.69) is 15.3 Å². The Labute approximate surface area is 156 Å². The van der Waals surface area contributed by atoms with Crippen molar-refractivity contribution in [1.82, 2.24) is 9.97 Å². The predicted molar refractivity (Wildman–Crippen MR) is 100 cm³/mol. The number of rotatable bonds is 9. The van der Waals surface area contributed by atoms with E-state index < -0.39 is 5.91 Å². The van der Waals surface area contributed by atoms with Gasteiger partial charge in [0, 0.05) is 18.2 Å². The quantitative estimate of drug-likeness (QED) is 0.332. The summed E-state index contributed by atoms with van der Waals surface area (Å²) < 4.78 is 10.5. The van der Waals surface area contributed by atoms with Crippen molar-refractivity contribution < 1.29 is 19.1 Å². The zero-order valence-electron chi connectivity index (χ0n) is 15.3. The number of nitrogens with zero attached hydrogens (tertiary/aromatic N) is 3. The average Bonchev–Trinajstić information content (AvgIpc) is 2.67.